The fourth-order valence-corrected chi connectivity index (χ4v) is 2.50. The smallest absolute Gasteiger partial charge is 0.311 e. The number of carbonyl (C=O) groups is 2. The van der Waals surface area contributed by atoms with Crippen LogP contribution < -0.4 is 0 Å². The molecule has 1 amide bonds. The van der Waals surface area contributed by atoms with E-state index in [1.807, 2.05) is 6.92 Å². The molecule has 1 aliphatic heterocycles. The van der Waals surface area contributed by atoms with Gasteiger partial charge >= 0.3 is 5.97 Å². The number of carboxylic acid groups (broad SMARTS) is 1. The summed E-state index contributed by atoms with van der Waals surface area (Å²) < 4.78 is 0. The van der Waals surface area contributed by atoms with E-state index in [1.165, 1.54) is 0 Å². The Kier molecular flexibility index (Phi) is 3.55. The number of H-pyrrole nitrogens is 1. The molecular weight excluding hydrogens is 248 g/mol. The van der Waals surface area contributed by atoms with Crippen molar-refractivity contribution in [3.05, 3.63) is 11.6 Å². The van der Waals surface area contributed by atoms with Crippen LogP contribution in [0.4, 0.5) is 0 Å². The number of nitrogens with one attached hydrogen (secondary N) is 1. The minimum absolute atomic E-state index is 0.106. The van der Waals surface area contributed by atoms with Gasteiger partial charge in [-0.3, -0.25) is 14.7 Å². The summed E-state index contributed by atoms with van der Waals surface area (Å²) in [7, 11) is 0. The lowest BCUT2D eigenvalue weighted by atomic mass is 9.77. The van der Waals surface area contributed by atoms with Crippen LogP contribution >= 0.6 is 0 Å². The van der Waals surface area contributed by atoms with E-state index in [0.717, 1.165) is 0 Å². The minimum Gasteiger partial charge on any atom is -0.481 e. The van der Waals surface area contributed by atoms with Crippen molar-refractivity contribution in [2.45, 2.75) is 33.1 Å². The molecule has 7 nitrogen and oxygen atoms in total. The number of piperidine rings is 1. The summed E-state index contributed by atoms with van der Waals surface area (Å²) in [6.07, 6.45) is 1.81. The summed E-state index contributed by atoms with van der Waals surface area (Å²) in [5, 5.41) is 15.8. The SMILES string of the molecule is CCC1(C(=O)O)CCCN(C(=O)c2n[nH]c(C)n2)C1. The highest BCUT2D eigenvalue weighted by Gasteiger charge is 2.42. The zero-order valence-corrected chi connectivity index (χ0v) is 11.1. The number of amides is 1. The van der Waals surface area contributed by atoms with Crippen LogP contribution in [0.15, 0.2) is 0 Å². The van der Waals surface area contributed by atoms with Gasteiger partial charge in [-0.05, 0) is 26.2 Å². The van der Waals surface area contributed by atoms with Crippen LogP contribution in [-0.4, -0.2) is 50.2 Å². The van der Waals surface area contributed by atoms with E-state index < -0.39 is 11.4 Å². The Morgan fingerprint density at radius 1 is 1.53 bits per heavy atom. The van der Waals surface area contributed by atoms with Crippen molar-refractivity contribution in [2.75, 3.05) is 13.1 Å². The second kappa shape index (κ2) is 4.99. The maximum absolute atomic E-state index is 12.2. The molecular formula is C12H18N4O3. The van der Waals surface area contributed by atoms with Gasteiger partial charge in [0.2, 0.25) is 5.82 Å². The van der Waals surface area contributed by atoms with Crippen LogP contribution in [-0.2, 0) is 4.79 Å². The van der Waals surface area contributed by atoms with Gasteiger partial charge in [0.25, 0.3) is 5.91 Å². The van der Waals surface area contributed by atoms with Gasteiger partial charge < -0.3 is 10.0 Å². The topological polar surface area (TPSA) is 99.2 Å². The highest BCUT2D eigenvalue weighted by Crippen LogP contribution is 2.34. The highest BCUT2D eigenvalue weighted by molar-refractivity contribution is 5.91. The van der Waals surface area contributed by atoms with Gasteiger partial charge in [-0.1, -0.05) is 6.92 Å². The second-order valence-electron chi connectivity index (χ2n) is 5.01. The van der Waals surface area contributed by atoms with E-state index in [2.05, 4.69) is 15.2 Å². The molecule has 0 radical (unpaired) electrons. The molecule has 1 aromatic heterocycles. The lowest BCUT2D eigenvalue weighted by Crippen LogP contribution is -2.49. The third-order valence-electron chi connectivity index (χ3n) is 3.78. The number of carboxylic acids is 1. The number of carbonyl (C=O) groups excluding carboxylic acids is 1. The number of aromatic amines is 1. The Hall–Kier alpha value is -1.92. The third-order valence-corrected chi connectivity index (χ3v) is 3.78. The van der Waals surface area contributed by atoms with Crippen molar-refractivity contribution in [3.63, 3.8) is 0 Å². The molecule has 1 saturated heterocycles. The number of hydrogen-bond donors (Lipinski definition) is 2. The van der Waals surface area contributed by atoms with Gasteiger partial charge in [-0.2, -0.15) is 0 Å². The lowest BCUT2D eigenvalue weighted by molar-refractivity contribution is -0.152. The summed E-state index contributed by atoms with van der Waals surface area (Å²) in [6.45, 7) is 4.35. The zero-order valence-electron chi connectivity index (χ0n) is 11.1. The summed E-state index contributed by atoms with van der Waals surface area (Å²) in [5.41, 5.74) is -0.834. The predicted octanol–water partition coefficient (Wildman–Crippen LogP) is 0.830. The standard InChI is InChI=1S/C12H18N4O3/c1-3-12(11(18)19)5-4-6-16(7-12)10(17)9-13-8(2)14-15-9/h3-7H2,1-2H3,(H,18,19)(H,13,14,15). The largest absolute Gasteiger partial charge is 0.481 e. The lowest BCUT2D eigenvalue weighted by Gasteiger charge is -2.38. The van der Waals surface area contributed by atoms with Crippen LogP contribution in [0.3, 0.4) is 0 Å². The summed E-state index contributed by atoms with van der Waals surface area (Å²) in [5.74, 6) is -0.461. The van der Waals surface area contributed by atoms with Crippen LogP contribution in [0, 0.1) is 12.3 Å². The average Bonchev–Trinajstić information content (AvgIpc) is 2.84. The first-order valence-electron chi connectivity index (χ1n) is 6.40. The molecule has 7 heteroatoms. The predicted molar refractivity (Wildman–Crippen MR) is 66.6 cm³/mol. The van der Waals surface area contributed by atoms with Gasteiger partial charge in [0.05, 0.1) is 5.41 Å². The molecule has 1 unspecified atom stereocenters. The molecule has 2 rings (SSSR count). The van der Waals surface area contributed by atoms with Gasteiger partial charge in [-0.15, -0.1) is 5.10 Å². The number of nitrogens with zero attached hydrogens (tertiary/aromatic N) is 3. The van der Waals surface area contributed by atoms with Gasteiger partial charge in [0, 0.05) is 13.1 Å². The molecule has 0 aromatic carbocycles. The van der Waals surface area contributed by atoms with Crippen molar-refractivity contribution in [3.8, 4) is 0 Å². The van der Waals surface area contributed by atoms with E-state index in [-0.39, 0.29) is 18.3 Å². The number of aromatic nitrogens is 3. The monoisotopic (exact) mass is 266 g/mol. The van der Waals surface area contributed by atoms with Crippen LogP contribution in [0.1, 0.15) is 42.6 Å². The first-order chi connectivity index (χ1) is 8.98. The molecule has 0 saturated carbocycles. The van der Waals surface area contributed by atoms with Gasteiger partial charge in [-0.25, -0.2) is 4.98 Å². The Labute approximate surface area is 111 Å². The first kappa shape index (κ1) is 13.5. The number of hydrogen-bond acceptors (Lipinski definition) is 4. The van der Waals surface area contributed by atoms with Gasteiger partial charge in [0.1, 0.15) is 5.82 Å². The molecule has 2 N–H and O–H groups in total. The Balaban J connectivity index is 2.17. The number of rotatable bonds is 3. The van der Waals surface area contributed by atoms with Gasteiger partial charge in [0.15, 0.2) is 0 Å². The first-order valence-corrected chi connectivity index (χ1v) is 6.40. The van der Waals surface area contributed by atoms with Crippen molar-refractivity contribution in [1.82, 2.24) is 20.1 Å². The maximum atomic E-state index is 12.2. The van der Waals surface area contributed by atoms with E-state index in [0.29, 0.717) is 31.6 Å². The number of likely N-dealkylation sites (tertiary alicyclic amines) is 1. The molecule has 1 aliphatic rings. The fraction of sp³-hybridized carbons (Fsp3) is 0.667. The zero-order chi connectivity index (χ0) is 14.0. The normalized spacial score (nSPS) is 23.4. The van der Waals surface area contributed by atoms with E-state index in [4.69, 9.17) is 0 Å². The highest BCUT2D eigenvalue weighted by atomic mass is 16.4. The van der Waals surface area contributed by atoms with E-state index >= 15 is 0 Å². The van der Waals surface area contributed by atoms with Crippen molar-refractivity contribution in [1.29, 1.82) is 0 Å². The minimum atomic E-state index is -0.835. The molecule has 0 spiro atoms. The summed E-state index contributed by atoms with van der Waals surface area (Å²) in [4.78, 5) is 29.2. The molecule has 104 valence electrons. The van der Waals surface area contributed by atoms with Crippen molar-refractivity contribution < 1.29 is 14.7 Å². The second-order valence-corrected chi connectivity index (χ2v) is 5.01. The average molecular weight is 266 g/mol. The molecule has 1 aromatic rings. The van der Waals surface area contributed by atoms with Crippen LogP contribution in [0.2, 0.25) is 0 Å². The summed E-state index contributed by atoms with van der Waals surface area (Å²) >= 11 is 0. The molecule has 0 aliphatic carbocycles. The number of aryl methyl sites for hydroxylation is 1. The summed E-state index contributed by atoms with van der Waals surface area (Å²) in [6, 6.07) is 0. The maximum Gasteiger partial charge on any atom is 0.311 e. The van der Waals surface area contributed by atoms with E-state index in [1.54, 1.807) is 11.8 Å². The molecule has 2 heterocycles. The Morgan fingerprint density at radius 3 is 2.79 bits per heavy atom. The molecule has 0 bridgehead atoms. The molecule has 1 fully saturated rings. The fourth-order valence-electron chi connectivity index (χ4n) is 2.50. The number of aliphatic carboxylic acids is 1. The Morgan fingerprint density at radius 2 is 2.26 bits per heavy atom. The molecule has 1 atom stereocenters. The van der Waals surface area contributed by atoms with Crippen molar-refractivity contribution in [2.24, 2.45) is 5.41 Å². The van der Waals surface area contributed by atoms with Crippen LogP contribution in [0.25, 0.3) is 0 Å². The third kappa shape index (κ3) is 2.45. The van der Waals surface area contributed by atoms with E-state index in [9.17, 15) is 14.7 Å². The van der Waals surface area contributed by atoms with Crippen LogP contribution in [0.5, 0.6) is 0 Å². The quantitative estimate of drug-likeness (QED) is 0.844. The Bertz CT molecular complexity index is 499. The molecule has 19 heavy (non-hydrogen) atoms. The van der Waals surface area contributed by atoms with Crippen molar-refractivity contribution >= 4 is 11.9 Å².